The predicted octanol–water partition coefficient (Wildman–Crippen LogP) is 0.283. The number of ether oxygens (including phenoxy) is 2. The van der Waals surface area contributed by atoms with Crippen LogP contribution in [0.4, 0.5) is 5.69 Å². The second-order valence-electron chi connectivity index (χ2n) is 10.8. The molecule has 5 heterocycles. The van der Waals surface area contributed by atoms with Crippen molar-refractivity contribution in [1.29, 1.82) is 0 Å². The quantitative estimate of drug-likeness (QED) is 0.500. The summed E-state index contributed by atoms with van der Waals surface area (Å²) in [4.78, 5) is 49.7. The first-order valence-electron chi connectivity index (χ1n) is 13.9. The van der Waals surface area contributed by atoms with Crippen LogP contribution < -0.4 is 4.90 Å². The molecule has 5 aliphatic heterocycles. The first kappa shape index (κ1) is 26.2. The average Bonchev–Trinajstić information content (AvgIpc) is 3.27. The van der Waals surface area contributed by atoms with Crippen LogP contribution in [0.3, 0.4) is 0 Å². The number of hydrogen-bond acceptors (Lipinski definition) is 7. The molecule has 10 heteroatoms. The van der Waals surface area contributed by atoms with Crippen molar-refractivity contribution < 1.29 is 29.0 Å². The first-order chi connectivity index (χ1) is 19.0. The van der Waals surface area contributed by atoms with Gasteiger partial charge in [0.15, 0.2) is 0 Å². The number of carbonyl (C=O) groups excluding carboxylic acids is 3. The molecule has 208 valence electrons. The van der Waals surface area contributed by atoms with Crippen LogP contribution in [-0.4, -0.2) is 121 Å². The van der Waals surface area contributed by atoms with Crippen molar-refractivity contribution in [3.63, 3.8) is 0 Å². The third-order valence-electron chi connectivity index (χ3n) is 8.66. The highest BCUT2D eigenvalue weighted by molar-refractivity contribution is 6.03. The average molecular weight is 537 g/mol. The number of amides is 3. The van der Waals surface area contributed by atoms with Crippen LogP contribution in [0.1, 0.15) is 6.42 Å². The Labute approximate surface area is 228 Å². The van der Waals surface area contributed by atoms with Crippen LogP contribution in [0.2, 0.25) is 0 Å². The van der Waals surface area contributed by atoms with E-state index >= 15 is 0 Å². The zero-order valence-corrected chi connectivity index (χ0v) is 22.1. The van der Waals surface area contributed by atoms with Gasteiger partial charge in [0.25, 0.3) is 0 Å². The Morgan fingerprint density at radius 3 is 2.49 bits per heavy atom. The lowest BCUT2D eigenvalue weighted by Crippen LogP contribution is -2.56. The molecule has 39 heavy (non-hydrogen) atoms. The van der Waals surface area contributed by atoms with Gasteiger partial charge < -0.3 is 29.3 Å². The number of aliphatic hydroxyl groups is 1. The van der Waals surface area contributed by atoms with Crippen molar-refractivity contribution in [3.8, 4) is 0 Å². The summed E-state index contributed by atoms with van der Waals surface area (Å²) < 4.78 is 12.1. The summed E-state index contributed by atoms with van der Waals surface area (Å²) in [6.45, 7) is 5.18. The number of fused-ring (bicyclic) bond motifs is 2. The highest BCUT2D eigenvalue weighted by atomic mass is 16.5. The summed E-state index contributed by atoms with van der Waals surface area (Å²) in [6, 6.07) is 8.54. The largest absolute Gasteiger partial charge is 0.396 e. The highest BCUT2D eigenvalue weighted by Crippen LogP contribution is 2.53. The minimum absolute atomic E-state index is 0.102. The topological polar surface area (TPSA) is 103 Å². The monoisotopic (exact) mass is 536 g/mol. The zero-order valence-electron chi connectivity index (χ0n) is 22.1. The third-order valence-corrected chi connectivity index (χ3v) is 8.66. The van der Waals surface area contributed by atoms with E-state index < -0.39 is 29.6 Å². The maximum Gasteiger partial charge on any atom is 0.249 e. The Balaban J connectivity index is 1.33. The first-order valence-corrected chi connectivity index (χ1v) is 13.9. The highest BCUT2D eigenvalue weighted by Gasteiger charge is 2.71. The molecule has 3 amide bonds. The predicted molar refractivity (Wildman–Crippen MR) is 143 cm³/mol. The molecule has 0 saturated carbocycles. The smallest absolute Gasteiger partial charge is 0.249 e. The van der Waals surface area contributed by atoms with E-state index in [-0.39, 0.29) is 30.9 Å². The Morgan fingerprint density at radius 2 is 1.72 bits per heavy atom. The second-order valence-corrected chi connectivity index (χ2v) is 10.8. The van der Waals surface area contributed by atoms with Crippen molar-refractivity contribution in [1.82, 2.24) is 14.7 Å². The number of hydrogen-bond donors (Lipinski definition) is 1. The Morgan fingerprint density at radius 1 is 0.923 bits per heavy atom. The van der Waals surface area contributed by atoms with Crippen LogP contribution in [0.25, 0.3) is 0 Å². The lowest BCUT2D eigenvalue weighted by molar-refractivity contribution is -0.147. The fourth-order valence-electron chi connectivity index (χ4n) is 6.79. The molecule has 0 radical (unpaired) electrons. The molecule has 1 N–H and O–H groups in total. The lowest BCUT2D eigenvalue weighted by Gasteiger charge is -2.36. The molecule has 1 aromatic rings. The summed E-state index contributed by atoms with van der Waals surface area (Å²) in [5.74, 6) is -2.19. The summed E-state index contributed by atoms with van der Waals surface area (Å²) in [7, 11) is 0. The van der Waals surface area contributed by atoms with E-state index in [4.69, 9.17) is 9.47 Å². The van der Waals surface area contributed by atoms with Gasteiger partial charge >= 0.3 is 0 Å². The number of benzene rings is 1. The van der Waals surface area contributed by atoms with Gasteiger partial charge in [0, 0.05) is 58.1 Å². The van der Waals surface area contributed by atoms with Gasteiger partial charge in [0.2, 0.25) is 17.7 Å². The molecule has 5 atom stereocenters. The fraction of sp³-hybridized carbons (Fsp3) is 0.552. The number of anilines is 1. The van der Waals surface area contributed by atoms with Crippen LogP contribution in [0.5, 0.6) is 0 Å². The van der Waals surface area contributed by atoms with Gasteiger partial charge in [0.1, 0.15) is 11.6 Å². The summed E-state index contributed by atoms with van der Waals surface area (Å²) >= 11 is 0. The number of carbonyl (C=O) groups is 3. The zero-order chi connectivity index (χ0) is 27.0. The Kier molecular flexibility index (Phi) is 7.28. The third kappa shape index (κ3) is 4.49. The molecule has 3 fully saturated rings. The van der Waals surface area contributed by atoms with Crippen molar-refractivity contribution >= 4 is 23.4 Å². The fourth-order valence-corrected chi connectivity index (χ4v) is 6.79. The molecule has 3 saturated heterocycles. The summed E-state index contributed by atoms with van der Waals surface area (Å²) in [6.07, 6.45) is 7.30. The number of rotatable bonds is 7. The van der Waals surface area contributed by atoms with Gasteiger partial charge in [0.05, 0.1) is 31.2 Å². The number of morpholine rings is 1. The second kappa shape index (κ2) is 10.8. The van der Waals surface area contributed by atoms with Crippen molar-refractivity contribution in [2.24, 2.45) is 11.8 Å². The van der Waals surface area contributed by atoms with E-state index in [0.717, 1.165) is 25.3 Å². The van der Waals surface area contributed by atoms with Crippen molar-refractivity contribution in [2.75, 3.05) is 70.5 Å². The molecule has 0 bridgehead atoms. The van der Waals surface area contributed by atoms with Crippen LogP contribution in [0.15, 0.2) is 54.6 Å². The van der Waals surface area contributed by atoms with Gasteiger partial charge in [-0.05, 0) is 18.6 Å². The number of nitrogens with zero attached hydrogens (tertiary/aromatic N) is 4. The summed E-state index contributed by atoms with van der Waals surface area (Å²) in [5.41, 5.74) is -0.485. The standard InChI is InChI=1S/C29H36N4O6/c34-18-6-13-33-25-28(37)31(15-14-30-16-19-38-20-17-30)11-5-10-29(25)24(27(33)36)23-22(39-29)9-4-12-32(26(23)35)21-7-2-1-3-8-21/h1-5,7-10,22-25,34H,6,11-20H2/t22-,23+,24+,25?,29+/m1/s1. The van der Waals surface area contributed by atoms with Crippen molar-refractivity contribution in [2.45, 2.75) is 24.2 Å². The molecule has 5 aliphatic rings. The molecular weight excluding hydrogens is 500 g/mol. The molecular formula is C29H36N4O6. The lowest BCUT2D eigenvalue weighted by atomic mass is 9.77. The van der Waals surface area contributed by atoms with Gasteiger partial charge in [-0.3, -0.25) is 19.3 Å². The van der Waals surface area contributed by atoms with Crippen LogP contribution >= 0.6 is 0 Å². The molecule has 0 aliphatic carbocycles. The minimum Gasteiger partial charge on any atom is -0.396 e. The van der Waals surface area contributed by atoms with E-state index in [1.807, 2.05) is 54.6 Å². The molecule has 1 spiro atoms. The van der Waals surface area contributed by atoms with Crippen molar-refractivity contribution in [3.05, 3.63) is 54.6 Å². The number of aliphatic hydroxyl groups excluding tert-OH is 1. The normalized spacial score (nSPS) is 32.7. The molecule has 1 unspecified atom stereocenters. The molecule has 1 aromatic carbocycles. The van der Waals surface area contributed by atoms with Gasteiger partial charge in [-0.2, -0.15) is 0 Å². The minimum atomic E-state index is -1.24. The molecule has 0 aromatic heterocycles. The van der Waals surface area contributed by atoms with E-state index in [0.29, 0.717) is 39.3 Å². The van der Waals surface area contributed by atoms with Crippen LogP contribution in [0, 0.1) is 11.8 Å². The van der Waals surface area contributed by atoms with Gasteiger partial charge in [-0.15, -0.1) is 0 Å². The number of likely N-dealkylation sites (tertiary alicyclic amines) is 1. The number of para-hydroxylation sites is 1. The Bertz CT molecular complexity index is 1150. The molecule has 6 rings (SSSR count). The van der Waals surface area contributed by atoms with E-state index in [9.17, 15) is 19.5 Å². The molecule has 10 nitrogen and oxygen atoms in total. The van der Waals surface area contributed by atoms with E-state index in [1.165, 1.54) is 0 Å². The van der Waals surface area contributed by atoms with Gasteiger partial charge in [-0.25, -0.2) is 0 Å². The van der Waals surface area contributed by atoms with Gasteiger partial charge in [-0.1, -0.05) is 42.5 Å². The maximum atomic E-state index is 14.2. The maximum absolute atomic E-state index is 14.2. The van der Waals surface area contributed by atoms with E-state index in [1.54, 1.807) is 14.7 Å². The van der Waals surface area contributed by atoms with E-state index in [2.05, 4.69) is 4.90 Å². The SMILES string of the molecule is O=C1C2N(CCCO)C(=O)[C@@H]3[C@H]4C(=O)N(c5ccccc5)CC=C[C@H]4O[C@]23C=CCN1CCN1CCOCC1. The summed E-state index contributed by atoms with van der Waals surface area (Å²) in [5, 5.41) is 9.58. The Hall–Kier alpha value is -3.05. The van der Waals surface area contributed by atoms with Crippen LogP contribution in [-0.2, 0) is 23.9 Å².